The number of aryl methyl sites for hydroxylation is 1. The van der Waals surface area contributed by atoms with E-state index in [0.29, 0.717) is 16.7 Å². The maximum absolute atomic E-state index is 13.4. The molecular weight excluding hydrogens is 299 g/mol. The Morgan fingerprint density at radius 3 is 3.00 bits per heavy atom. The number of piperidine rings is 1. The van der Waals surface area contributed by atoms with E-state index in [1.54, 1.807) is 6.07 Å². The molecule has 2 N–H and O–H groups in total. The van der Waals surface area contributed by atoms with Gasteiger partial charge in [0.1, 0.15) is 5.82 Å². The molecule has 98 valence electrons. The molecule has 1 aromatic rings. The number of carbonyl (C=O) groups excluding carboxylic acids is 1. The molecule has 1 saturated heterocycles. The summed E-state index contributed by atoms with van der Waals surface area (Å²) in [6, 6.07) is 3.03. The van der Waals surface area contributed by atoms with Crippen LogP contribution in [0.25, 0.3) is 0 Å². The molecule has 2 rings (SSSR count). The van der Waals surface area contributed by atoms with Crippen LogP contribution in [0.3, 0.4) is 0 Å². The van der Waals surface area contributed by atoms with E-state index in [0.717, 1.165) is 24.9 Å². The third-order valence-electron chi connectivity index (χ3n) is 3.19. The Hall–Kier alpha value is -0.940. The van der Waals surface area contributed by atoms with Gasteiger partial charge in [0.05, 0.1) is 10.4 Å². The van der Waals surface area contributed by atoms with Crippen LogP contribution in [0.1, 0.15) is 18.4 Å². The highest BCUT2D eigenvalue weighted by Gasteiger charge is 2.21. The maximum Gasteiger partial charge on any atom is 0.228 e. The third-order valence-corrected chi connectivity index (χ3v) is 3.80. The number of anilines is 1. The molecule has 0 radical (unpaired) electrons. The minimum Gasteiger partial charge on any atom is -0.325 e. The molecule has 3 nitrogen and oxygen atoms in total. The molecule has 0 unspecified atom stereocenters. The molecule has 1 aliphatic rings. The fourth-order valence-electron chi connectivity index (χ4n) is 2.09. The Labute approximate surface area is 114 Å². The molecule has 0 aliphatic carbocycles. The zero-order valence-electron chi connectivity index (χ0n) is 10.2. The lowest BCUT2D eigenvalue weighted by molar-refractivity contribution is -0.120. The van der Waals surface area contributed by atoms with Crippen molar-refractivity contribution in [2.75, 3.05) is 18.4 Å². The average molecular weight is 315 g/mol. The predicted octanol–water partition coefficient (Wildman–Crippen LogP) is 2.83. The first-order chi connectivity index (χ1) is 8.58. The first-order valence-electron chi connectivity index (χ1n) is 6.05. The molecule has 1 fully saturated rings. The number of hydrogen-bond donors (Lipinski definition) is 2. The van der Waals surface area contributed by atoms with Gasteiger partial charge in [0, 0.05) is 12.2 Å². The van der Waals surface area contributed by atoms with E-state index in [-0.39, 0.29) is 17.6 Å². The summed E-state index contributed by atoms with van der Waals surface area (Å²) in [6.45, 7) is 3.51. The van der Waals surface area contributed by atoms with Crippen LogP contribution < -0.4 is 10.6 Å². The molecule has 0 saturated carbocycles. The summed E-state index contributed by atoms with van der Waals surface area (Å²) in [4.78, 5) is 12.0. The number of hydrogen-bond acceptors (Lipinski definition) is 2. The Morgan fingerprint density at radius 1 is 1.56 bits per heavy atom. The second-order valence-electron chi connectivity index (χ2n) is 4.61. The Balaban J connectivity index is 2.08. The Bertz CT molecular complexity index is 459. The molecule has 1 amide bonds. The van der Waals surface area contributed by atoms with Crippen molar-refractivity contribution < 1.29 is 9.18 Å². The fourth-order valence-corrected chi connectivity index (χ4v) is 2.55. The fraction of sp³-hybridized carbons (Fsp3) is 0.462. The van der Waals surface area contributed by atoms with Crippen LogP contribution in [0.4, 0.5) is 10.1 Å². The van der Waals surface area contributed by atoms with Gasteiger partial charge in [-0.05, 0) is 59.9 Å². The van der Waals surface area contributed by atoms with Gasteiger partial charge < -0.3 is 10.6 Å². The first-order valence-corrected chi connectivity index (χ1v) is 6.84. The summed E-state index contributed by atoms with van der Waals surface area (Å²) in [6.07, 6.45) is 1.89. The topological polar surface area (TPSA) is 41.1 Å². The zero-order chi connectivity index (χ0) is 13.1. The highest BCUT2D eigenvalue weighted by atomic mass is 79.9. The number of amides is 1. The van der Waals surface area contributed by atoms with Crippen LogP contribution in [0.15, 0.2) is 16.6 Å². The van der Waals surface area contributed by atoms with Crippen molar-refractivity contribution >= 4 is 27.5 Å². The standard InChI is InChI=1S/C13H16BrFN2O/c1-8-5-10(14)11(15)6-12(8)17-13(18)9-3-2-4-16-7-9/h5-6,9,16H,2-4,7H2,1H3,(H,17,18)/t9-/m1/s1. The third kappa shape index (κ3) is 3.09. The van der Waals surface area contributed by atoms with Crippen LogP contribution in [-0.2, 0) is 4.79 Å². The summed E-state index contributed by atoms with van der Waals surface area (Å²) < 4.78 is 13.9. The van der Waals surface area contributed by atoms with E-state index in [4.69, 9.17) is 0 Å². The van der Waals surface area contributed by atoms with Gasteiger partial charge in [-0.25, -0.2) is 4.39 Å². The van der Waals surface area contributed by atoms with Crippen LogP contribution in [-0.4, -0.2) is 19.0 Å². The molecule has 0 spiro atoms. The van der Waals surface area contributed by atoms with Gasteiger partial charge in [-0.3, -0.25) is 4.79 Å². The smallest absolute Gasteiger partial charge is 0.228 e. The number of rotatable bonds is 2. The molecule has 18 heavy (non-hydrogen) atoms. The van der Waals surface area contributed by atoms with Crippen LogP contribution in [0.2, 0.25) is 0 Å². The lowest BCUT2D eigenvalue weighted by atomic mass is 9.98. The lowest BCUT2D eigenvalue weighted by Gasteiger charge is -2.22. The highest BCUT2D eigenvalue weighted by molar-refractivity contribution is 9.10. The van der Waals surface area contributed by atoms with E-state index in [1.807, 2.05) is 6.92 Å². The molecule has 0 bridgehead atoms. The van der Waals surface area contributed by atoms with Gasteiger partial charge in [0.15, 0.2) is 0 Å². The summed E-state index contributed by atoms with van der Waals surface area (Å²) in [7, 11) is 0. The van der Waals surface area contributed by atoms with Crippen LogP contribution in [0, 0.1) is 18.7 Å². The van der Waals surface area contributed by atoms with E-state index >= 15 is 0 Å². The van der Waals surface area contributed by atoms with E-state index in [2.05, 4.69) is 26.6 Å². The van der Waals surface area contributed by atoms with Crippen molar-refractivity contribution in [1.29, 1.82) is 0 Å². The molecule has 1 atom stereocenters. The predicted molar refractivity (Wildman–Crippen MR) is 73.1 cm³/mol. The van der Waals surface area contributed by atoms with Crippen LogP contribution in [0.5, 0.6) is 0 Å². The van der Waals surface area contributed by atoms with Gasteiger partial charge >= 0.3 is 0 Å². The van der Waals surface area contributed by atoms with Gasteiger partial charge in [0.2, 0.25) is 5.91 Å². The summed E-state index contributed by atoms with van der Waals surface area (Å²) in [5.74, 6) is -0.422. The van der Waals surface area contributed by atoms with E-state index in [1.165, 1.54) is 6.07 Å². The first kappa shape index (κ1) is 13.5. The summed E-state index contributed by atoms with van der Waals surface area (Å²) >= 11 is 3.13. The largest absolute Gasteiger partial charge is 0.325 e. The van der Waals surface area contributed by atoms with Crippen molar-refractivity contribution in [2.24, 2.45) is 5.92 Å². The quantitative estimate of drug-likeness (QED) is 0.881. The molecule has 1 aromatic carbocycles. The summed E-state index contributed by atoms with van der Waals surface area (Å²) in [5.41, 5.74) is 1.40. The minimum absolute atomic E-state index is 0.0233. The normalized spacial score (nSPS) is 19.6. The minimum atomic E-state index is -0.363. The van der Waals surface area contributed by atoms with Crippen molar-refractivity contribution in [3.8, 4) is 0 Å². The van der Waals surface area contributed by atoms with Crippen molar-refractivity contribution in [3.05, 3.63) is 28.0 Å². The number of carbonyl (C=O) groups is 1. The second kappa shape index (κ2) is 5.80. The van der Waals surface area contributed by atoms with Gasteiger partial charge in [-0.15, -0.1) is 0 Å². The molecular formula is C13H16BrFN2O. The molecule has 5 heteroatoms. The highest BCUT2D eigenvalue weighted by Crippen LogP contribution is 2.24. The van der Waals surface area contributed by atoms with Gasteiger partial charge in [0.25, 0.3) is 0 Å². The maximum atomic E-state index is 13.4. The molecule has 1 heterocycles. The van der Waals surface area contributed by atoms with Gasteiger partial charge in [-0.2, -0.15) is 0 Å². The number of halogens is 2. The van der Waals surface area contributed by atoms with Crippen LogP contribution >= 0.6 is 15.9 Å². The average Bonchev–Trinajstić information content (AvgIpc) is 2.37. The SMILES string of the molecule is Cc1cc(Br)c(F)cc1NC(=O)[C@@H]1CCCNC1. The zero-order valence-corrected chi connectivity index (χ0v) is 11.8. The summed E-state index contributed by atoms with van der Waals surface area (Å²) in [5, 5.41) is 6.00. The van der Waals surface area contributed by atoms with Crippen molar-refractivity contribution in [3.63, 3.8) is 0 Å². The monoisotopic (exact) mass is 314 g/mol. The van der Waals surface area contributed by atoms with Crippen molar-refractivity contribution in [1.82, 2.24) is 5.32 Å². The Morgan fingerprint density at radius 2 is 2.33 bits per heavy atom. The van der Waals surface area contributed by atoms with Gasteiger partial charge in [-0.1, -0.05) is 0 Å². The van der Waals surface area contributed by atoms with Crippen molar-refractivity contribution in [2.45, 2.75) is 19.8 Å². The number of nitrogens with one attached hydrogen (secondary N) is 2. The lowest BCUT2D eigenvalue weighted by Crippen LogP contribution is -2.37. The molecule has 0 aromatic heterocycles. The number of benzene rings is 1. The van der Waals surface area contributed by atoms with E-state index < -0.39 is 0 Å². The molecule has 1 aliphatic heterocycles. The second-order valence-corrected chi connectivity index (χ2v) is 5.47. The Kier molecular flexibility index (Phi) is 4.35. The van der Waals surface area contributed by atoms with E-state index in [9.17, 15) is 9.18 Å².